The molecule has 1 heterocycles. The molecule has 1 atom stereocenters. The van der Waals surface area contributed by atoms with Crippen molar-refractivity contribution in [3.63, 3.8) is 0 Å². The molecule has 114 valence electrons. The lowest BCUT2D eigenvalue weighted by atomic mass is 10.1. The average molecular weight is 302 g/mol. The maximum atomic E-state index is 6.11. The summed E-state index contributed by atoms with van der Waals surface area (Å²) in [7, 11) is 0.546. The van der Waals surface area contributed by atoms with E-state index >= 15 is 0 Å². The van der Waals surface area contributed by atoms with Crippen LogP contribution in [0, 0.1) is 0 Å². The molecule has 0 aliphatic carbocycles. The highest BCUT2D eigenvalue weighted by Gasteiger charge is 2.17. The van der Waals surface area contributed by atoms with E-state index in [0.717, 1.165) is 24.4 Å². The maximum Gasteiger partial charge on any atom is 0.118 e. The van der Waals surface area contributed by atoms with Gasteiger partial charge in [-0.05, 0) is 36.6 Å². The number of methoxy groups -OCH3 is 1. The topological polar surface area (TPSA) is 18.5 Å². The fraction of sp³-hybridized carbons (Fsp3) is 0.444. The predicted molar refractivity (Wildman–Crippen MR) is 92.2 cm³/mol. The van der Waals surface area contributed by atoms with Crippen LogP contribution in [0.15, 0.2) is 41.8 Å². The van der Waals surface area contributed by atoms with E-state index in [4.69, 9.17) is 9.47 Å². The van der Waals surface area contributed by atoms with Crippen LogP contribution < -0.4 is 4.74 Å². The number of allylic oxidation sites excluding steroid dienone is 1. The molecule has 1 saturated heterocycles. The lowest BCUT2D eigenvalue weighted by Crippen LogP contribution is -2.20. The molecule has 1 aliphatic rings. The Hall–Kier alpha value is -1.48. The van der Waals surface area contributed by atoms with Crippen molar-refractivity contribution in [3.05, 3.63) is 47.4 Å². The first kappa shape index (κ1) is 15.9. The lowest BCUT2D eigenvalue weighted by Gasteiger charge is -2.24. The van der Waals surface area contributed by atoms with Crippen LogP contribution in [-0.4, -0.2) is 21.3 Å². The van der Waals surface area contributed by atoms with E-state index < -0.39 is 8.07 Å². The van der Waals surface area contributed by atoms with Crippen molar-refractivity contribution in [2.75, 3.05) is 7.11 Å². The van der Waals surface area contributed by atoms with Crippen LogP contribution in [0.25, 0.3) is 6.08 Å². The van der Waals surface area contributed by atoms with Crippen LogP contribution in [0.5, 0.6) is 5.75 Å². The van der Waals surface area contributed by atoms with E-state index in [1.54, 1.807) is 7.11 Å². The van der Waals surface area contributed by atoms with E-state index in [0.29, 0.717) is 0 Å². The van der Waals surface area contributed by atoms with Gasteiger partial charge in [0.25, 0.3) is 0 Å². The summed E-state index contributed by atoms with van der Waals surface area (Å²) in [6.07, 6.45) is 8.02. The Bertz CT molecular complexity index is 509. The summed E-state index contributed by atoms with van der Waals surface area (Å²) in [5, 5.41) is 0. The monoisotopic (exact) mass is 302 g/mol. The Kier molecular flexibility index (Phi) is 5.29. The Balaban J connectivity index is 2.02. The molecule has 3 heteroatoms. The van der Waals surface area contributed by atoms with Crippen molar-refractivity contribution >= 4 is 14.1 Å². The van der Waals surface area contributed by atoms with Crippen molar-refractivity contribution < 1.29 is 9.47 Å². The van der Waals surface area contributed by atoms with E-state index in [9.17, 15) is 0 Å². The first-order valence-corrected chi connectivity index (χ1v) is 11.2. The molecule has 0 radical (unpaired) electrons. The van der Waals surface area contributed by atoms with Gasteiger partial charge in [-0.1, -0.05) is 43.5 Å². The molecule has 2 nitrogen and oxygen atoms in total. The Morgan fingerprint density at radius 2 is 1.90 bits per heavy atom. The molecule has 0 N–H and O–H groups in total. The summed E-state index contributed by atoms with van der Waals surface area (Å²) < 4.78 is 11.3. The average Bonchev–Trinajstić information content (AvgIpc) is 2.46. The molecule has 1 aromatic carbocycles. The van der Waals surface area contributed by atoms with Gasteiger partial charge in [-0.15, -0.1) is 0 Å². The molecule has 1 aliphatic heterocycles. The number of rotatable bonds is 4. The Morgan fingerprint density at radius 1 is 1.19 bits per heavy atom. The highest BCUT2D eigenvalue weighted by Crippen LogP contribution is 2.25. The normalized spacial score (nSPS) is 21.5. The minimum Gasteiger partial charge on any atom is -0.497 e. The van der Waals surface area contributed by atoms with Crippen molar-refractivity contribution in [2.45, 2.75) is 45.0 Å². The zero-order chi connectivity index (χ0) is 15.3. The third kappa shape index (κ3) is 5.42. The van der Waals surface area contributed by atoms with Crippen LogP contribution >= 0.6 is 0 Å². The second-order valence-electron chi connectivity index (χ2n) is 6.66. The van der Waals surface area contributed by atoms with Gasteiger partial charge in [-0.25, -0.2) is 0 Å². The Morgan fingerprint density at radius 3 is 2.52 bits per heavy atom. The number of ether oxygens (including phenoxy) is 2. The fourth-order valence-electron chi connectivity index (χ4n) is 2.31. The number of hydrogen-bond acceptors (Lipinski definition) is 2. The van der Waals surface area contributed by atoms with Gasteiger partial charge in [0.2, 0.25) is 0 Å². The predicted octanol–water partition coefficient (Wildman–Crippen LogP) is 5.04. The second kappa shape index (κ2) is 6.99. The minimum absolute atomic E-state index is 0.245. The first-order chi connectivity index (χ1) is 9.96. The molecule has 1 unspecified atom stereocenters. The zero-order valence-electron chi connectivity index (χ0n) is 13.6. The number of benzene rings is 1. The first-order valence-electron chi connectivity index (χ1n) is 7.67. The lowest BCUT2D eigenvalue weighted by molar-refractivity contribution is 0.112. The van der Waals surface area contributed by atoms with Gasteiger partial charge in [0.15, 0.2) is 0 Å². The van der Waals surface area contributed by atoms with Crippen molar-refractivity contribution in [1.82, 2.24) is 0 Å². The summed E-state index contributed by atoms with van der Waals surface area (Å²) in [5.41, 5.74) is 3.55. The molecule has 0 bridgehead atoms. The largest absolute Gasteiger partial charge is 0.497 e. The highest BCUT2D eigenvalue weighted by molar-refractivity contribution is 6.80. The second-order valence-corrected chi connectivity index (χ2v) is 11.7. The molecule has 0 spiro atoms. The fourth-order valence-corrected chi connectivity index (χ4v) is 3.11. The molecular weight excluding hydrogens is 276 g/mol. The minimum atomic E-state index is -1.14. The summed E-state index contributed by atoms with van der Waals surface area (Å²) in [4.78, 5) is 0. The van der Waals surface area contributed by atoms with Gasteiger partial charge in [0, 0.05) is 6.42 Å². The molecule has 1 aromatic rings. The smallest absolute Gasteiger partial charge is 0.118 e. The standard InChI is InChI=1S/C18H26O2Si/c1-19-16-10-8-15(9-11-16)14-18-7-5-6-17(20-18)12-13-21(2,3)4/h8-14,17H,5-7H2,1-4H3/b13-12-,18-14+. The van der Waals surface area contributed by atoms with Crippen LogP contribution in [0.2, 0.25) is 19.6 Å². The van der Waals surface area contributed by atoms with E-state index in [-0.39, 0.29) is 6.10 Å². The summed E-state index contributed by atoms with van der Waals surface area (Å²) in [5.74, 6) is 1.98. The van der Waals surface area contributed by atoms with E-state index in [2.05, 4.69) is 49.6 Å². The van der Waals surface area contributed by atoms with Crippen molar-refractivity contribution in [2.24, 2.45) is 0 Å². The van der Waals surface area contributed by atoms with Crippen LogP contribution in [-0.2, 0) is 4.74 Å². The highest BCUT2D eigenvalue weighted by atomic mass is 28.3. The summed E-state index contributed by atoms with van der Waals surface area (Å²) >= 11 is 0. The zero-order valence-corrected chi connectivity index (χ0v) is 14.6. The molecular formula is C18H26O2Si. The number of hydrogen-bond donors (Lipinski definition) is 0. The third-order valence-corrected chi connectivity index (χ3v) is 4.66. The molecule has 0 saturated carbocycles. The van der Waals surface area contributed by atoms with Gasteiger partial charge in [0.05, 0.1) is 20.9 Å². The van der Waals surface area contributed by atoms with Gasteiger partial charge < -0.3 is 9.47 Å². The third-order valence-electron chi connectivity index (χ3n) is 3.47. The van der Waals surface area contributed by atoms with Gasteiger partial charge >= 0.3 is 0 Å². The maximum absolute atomic E-state index is 6.11. The molecule has 1 fully saturated rings. The van der Waals surface area contributed by atoms with Gasteiger partial charge in [-0.2, -0.15) is 0 Å². The van der Waals surface area contributed by atoms with Crippen molar-refractivity contribution in [1.29, 1.82) is 0 Å². The van der Waals surface area contributed by atoms with Crippen molar-refractivity contribution in [3.8, 4) is 5.75 Å². The summed E-state index contributed by atoms with van der Waals surface area (Å²) in [6.45, 7) is 7.04. The molecule has 0 amide bonds. The molecule has 21 heavy (non-hydrogen) atoms. The molecule has 2 rings (SSSR count). The van der Waals surface area contributed by atoms with Crippen LogP contribution in [0.1, 0.15) is 24.8 Å². The SMILES string of the molecule is COc1ccc(/C=C2\CCCC(/C=C\[Si](C)(C)C)O2)cc1. The quantitative estimate of drug-likeness (QED) is 0.725. The van der Waals surface area contributed by atoms with Crippen LogP contribution in [0.4, 0.5) is 0 Å². The van der Waals surface area contributed by atoms with Crippen LogP contribution in [0.3, 0.4) is 0 Å². The Labute approximate surface area is 129 Å². The van der Waals surface area contributed by atoms with E-state index in [1.165, 1.54) is 12.0 Å². The molecule has 0 aromatic heterocycles. The van der Waals surface area contributed by atoms with Gasteiger partial charge in [0.1, 0.15) is 11.9 Å². The summed E-state index contributed by atoms with van der Waals surface area (Å²) in [6, 6.07) is 8.10. The van der Waals surface area contributed by atoms with Gasteiger partial charge in [-0.3, -0.25) is 0 Å². The van der Waals surface area contributed by atoms with E-state index in [1.807, 2.05) is 12.1 Å².